The maximum atomic E-state index is 13.2. The van der Waals surface area contributed by atoms with Crippen LogP contribution in [-0.4, -0.2) is 42.9 Å². The van der Waals surface area contributed by atoms with E-state index in [4.69, 9.17) is 9.47 Å². The highest BCUT2D eigenvalue weighted by atomic mass is 19.1. The van der Waals surface area contributed by atoms with Crippen molar-refractivity contribution < 1.29 is 28.2 Å². The molecule has 2 aromatic rings. The van der Waals surface area contributed by atoms with Gasteiger partial charge in [0.1, 0.15) is 11.6 Å². The molecule has 0 bridgehead atoms. The van der Waals surface area contributed by atoms with E-state index in [9.17, 15) is 18.8 Å². The van der Waals surface area contributed by atoms with E-state index in [0.717, 1.165) is 11.3 Å². The Balaban J connectivity index is 1.42. The molecule has 8 heteroatoms. The van der Waals surface area contributed by atoms with E-state index in [-0.39, 0.29) is 24.9 Å². The molecule has 0 saturated carbocycles. The zero-order valence-corrected chi connectivity index (χ0v) is 15.9. The number of rotatable bonds is 7. The number of carbonyl (C=O) groups is 3. The van der Waals surface area contributed by atoms with Crippen molar-refractivity contribution in [3.05, 3.63) is 59.4 Å². The van der Waals surface area contributed by atoms with Crippen LogP contribution in [0, 0.1) is 5.82 Å². The van der Waals surface area contributed by atoms with Gasteiger partial charge in [-0.15, -0.1) is 0 Å². The third kappa shape index (κ3) is 5.78. The Bertz CT molecular complexity index is 931. The van der Waals surface area contributed by atoms with E-state index in [1.165, 1.54) is 17.0 Å². The summed E-state index contributed by atoms with van der Waals surface area (Å²) in [5.41, 5.74) is 2.31. The van der Waals surface area contributed by atoms with Gasteiger partial charge in [-0.1, -0.05) is 12.1 Å². The van der Waals surface area contributed by atoms with E-state index in [2.05, 4.69) is 5.32 Å². The van der Waals surface area contributed by atoms with Crippen molar-refractivity contribution in [1.29, 1.82) is 0 Å². The van der Waals surface area contributed by atoms with E-state index >= 15 is 0 Å². The van der Waals surface area contributed by atoms with Gasteiger partial charge < -0.3 is 19.7 Å². The fraction of sp³-hybridized carbons (Fsp3) is 0.286. The van der Waals surface area contributed by atoms with Crippen LogP contribution in [0.3, 0.4) is 0 Å². The molecular formula is C21H21FN2O5. The molecular weight excluding hydrogens is 379 g/mol. The predicted molar refractivity (Wildman–Crippen MR) is 103 cm³/mol. The number of nitrogens with one attached hydrogen (secondary N) is 1. The first-order chi connectivity index (χ1) is 13.9. The summed E-state index contributed by atoms with van der Waals surface area (Å²) in [6, 6.07) is 11.1. The third-order valence-corrected chi connectivity index (χ3v) is 4.42. The third-order valence-electron chi connectivity index (χ3n) is 4.42. The van der Waals surface area contributed by atoms with Crippen LogP contribution < -0.4 is 10.1 Å². The largest absolute Gasteiger partial charge is 0.482 e. The smallest absolute Gasteiger partial charge is 0.344 e. The number of hydrogen-bond donors (Lipinski definition) is 1. The van der Waals surface area contributed by atoms with Crippen LogP contribution >= 0.6 is 0 Å². The number of amides is 2. The average molecular weight is 400 g/mol. The number of aryl methyl sites for hydroxylation is 1. The highest BCUT2D eigenvalue weighted by Gasteiger charge is 2.16. The standard InChI is InChI=1S/C21H21FN2O5/c1-24(11-14-3-2-4-16(22)9-14)20(26)12-29-21(27)13-28-17-6-7-18-15(10-17)5-8-19(25)23-18/h2-4,6-7,9-10H,5,8,11-13H2,1H3,(H,23,25). The molecule has 2 aromatic carbocycles. The number of nitrogens with zero attached hydrogens (tertiary/aromatic N) is 1. The molecule has 0 aliphatic carbocycles. The molecule has 0 radical (unpaired) electrons. The predicted octanol–water partition coefficient (Wildman–Crippen LogP) is 2.29. The van der Waals surface area contributed by atoms with Gasteiger partial charge in [-0.2, -0.15) is 0 Å². The SMILES string of the molecule is CN(Cc1cccc(F)c1)C(=O)COC(=O)COc1ccc2c(c1)CCC(=O)N2. The van der Waals surface area contributed by atoms with Crippen LogP contribution in [0.1, 0.15) is 17.5 Å². The Labute approximate surface area is 167 Å². The second-order valence-corrected chi connectivity index (χ2v) is 6.70. The molecule has 7 nitrogen and oxygen atoms in total. The molecule has 0 unspecified atom stereocenters. The summed E-state index contributed by atoms with van der Waals surface area (Å²) in [7, 11) is 1.55. The summed E-state index contributed by atoms with van der Waals surface area (Å²) < 4.78 is 23.6. The van der Waals surface area contributed by atoms with Crippen LogP contribution in [0.25, 0.3) is 0 Å². The summed E-state index contributed by atoms with van der Waals surface area (Å²) in [5.74, 6) is -1.01. The highest BCUT2D eigenvalue weighted by Crippen LogP contribution is 2.26. The molecule has 0 atom stereocenters. The molecule has 1 aliphatic heterocycles. The number of esters is 1. The number of carbonyl (C=O) groups excluding carboxylic acids is 3. The first kappa shape index (κ1) is 20.3. The van der Waals surface area contributed by atoms with Crippen molar-refractivity contribution in [3.8, 4) is 5.75 Å². The van der Waals surface area contributed by atoms with Gasteiger partial charge in [0.2, 0.25) is 5.91 Å². The summed E-state index contributed by atoms with van der Waals surface area (Å²) in [4.78, 5) is 36.6. The second kappa shape index (κ2) is 9.18. The summed E-state index contributed by atoms with van der Waals surface area (Å²) in [6.45, 7) is -0.563. The number of halogens is 1. The maximum absolute atomic E-state index is 13.2. The fourth-order valence-electron chi connectivity index (χ4n) is 2.88. The monoisotopic (exact) mass is 400 g/mol. The normalized spacial score (nSPS) is 12.6. The quantitative estimate of drug-likeness (QED) is 0.721. The lowest BCUT2D eigenvalue weighted by molar-refractivity contribution is -0.153. The molecule has 29 heavy (non-hydrogen) atoms. The number of ether oxygens (including phenoxy) is 2. The zero-order valence-electron chi connectivity index (χ0n) is 15.9. The molecule has 1 N–H and O–H groups in total. The second-order valence-electron chi connectivity index (χ2n) is 6.70. The lowest BCUT2D eigenvalue weighted by atomic mass is 10.0. The molecule has 0 spiro atoms. The van der Waals surface area contributed by atoms with Crippen LogP contribution in [-0.2, 0) is 32.1 Å². The van der Waals surface area contributed by atoms with Crippen molar-refractivity contribution in [2.45, 2.75) is 19.4 Å². The van der Waals surface area contributed by atoms with Crippen molar-refractivity contribution in [3.63, 3.8) is 0 Å². The van der Waals surface area contributed by atoms with E-state index in [1.54, 1.807) is 37.4 Å². The Morgan fingerprint density at radius 3 is 2.76 bits per heavy atom. The van der Waals surface area contributed by atoms with Crippen molar-refractivity contribution in [2.24, 2.45) is 0 Å². The summed E-state index contributed by atoms with van der Waals surface area (Å²) in [6.07, 6.45) is 1.01. The minimum atomic E-state index is -0.677. The first-order valence-electron chi connectivity index (χ1n) is 9.10. The highest BCUT2D eigenvalue weighted by molar-refractivity contribution is 5.94. The molecule has 1 aliphatic rings. The minimum Gasteiger partial charge on any atom is -0.482 e. The molecule has 0 saturated heterocycles. The van der Waals surface area contributed by atoms with Crippen LogP contribution in [0.2, 0.25) is 0 Å². The van der Waals surface area contributed by atoms with Crippen molar-refractivity contribution >= 4 is 23.5 Å². The molecule has 0 fully saturated rings. The fourth-order valence-corrected chi connectivity index (χ4v) is 2.88. The minimum absolute atomic E-state index is 0.0261. The number of anilines is 1. The summed E-state index contributed by atoms with van der Waals surface area (Å²) in [5, 5.41) is 2.77. The van der Waals surface area contributed by atoms with E-state index < -0.39 is 18.5 Å². The van der Waals surface area contributed by atoms with Gasteiger partial charge in [-0.05, 0) is 47.9 Å². The van der Waals surface area contributed by atoms with Gasteiger partial charge in [-0.3, -0.25) is 9.59 Å². The number of benzene rings is 2. The van der Waals surface area contributed by atoms with Crippen LogP contribution in [0.4, 0.5) is 10.1 Å². The van der Waals surface area contributed by atoms with Gasteiger partial charge in [0.15, 0.2) is 13.2 Å². The van der Waals surface area contributed by atoms with Gasteiger partial charge in [0.05, 0.1) is 0 Å². The van der Waals surface area contributed by atoms with E-state index in [1.807, 2.05) is 0 Å². The van der Waals surface area contributed by atoms with Crippen LogP contribution in [0.15, 0.2) is 42.5 Å². The van der Waals surface area contributed by atoms with Crippen LogP contribution in [0.5, 0.6) is 5.75 Å². The Morgan fingerprint density at radius 1 is 1.14 bits per heavy atom. The lowest BCUT2D eigenvalue weighted by Gasteiger charge is -2.18. The first-order valence-corrected chi connectivity index (χ1v) is 9.10. The molecule has 1 heterocycles. The molecule has 152 valence electrons. The van der Waals surface area contributed by atoms with Gasteiger partial charge in [-0.25, -0.2) is 9.18 Å². The molecule has 3 rings (SSSR count). The molecule has 0 aromatic heterocycles. The van der Waals surface area contributed by atoms with Crippen molar-refractivity contribution in [2.75, 3.05) is 25.6 Å². The number of hydrogen-bond acceptors (Lipinski definition) is 5. The number of likely N-dealkylation sites (N-methyl/N-ethyl adjacent to an activating group) is 1. The van der Waals surface area contributed by atoms with Gasteiger partial charge in [0.25, 0.3) is 5.91 Å². The number of fused-ring (bicyclic) bond motifs is 1. The van der Waals surface area contributed by atoms with Crippen molar-refractivity contribution in [1.82, 2.24) is 4.90 Å². The zero-order chi connectivity index (χ0) is 20.8. The Kier molecular flexibility index (Phi) is 6.43. The van der Waals surface area contributed by atoms with E-state index in [0.29, 0.717) is 24.2 Å². The molecule has 2 amide bonds. The summed E-state index contributed by atoms with van der Waals surface area (Å²) >= 11 is 0. The Hall–Kier alpha value is -3.42. The lowest BCUT2D eigenvalue weighted by Crippen LogP contribution is -2.31. The Morgan fingerprint density at radius 2 is 1.97 bits per heavy atom. The van der Waals surface area contributed by atoms with Gasteiger partial charge in [0, 0.05) is 25.7 Å². The average Bonchev–Trinajstić information content (AvgIpc) is 2.70. The maximum Gasteiger partial charge on any atom is 0.344 e. The van der Waals surface area contributed by atoms with Gasteiger partial charge >= 0.3 is 5.97 Å². The topological polar surface area (TPSA) is 84.9 Å².